The molecule has 0 amide bonds. The van der Waals surface area contributed by atoms with Gasteiger partial charge in [0.15, 0.2) is 5.96 Å². The van der Waals surface area contributed by atoms with Gasteiger partial charge in [-0.25, -0.2) is 0 Å². The van der Waals surface area contributed by atoms with E-state index >= 15 is 0 Å². The van der Waals surface area contributed by atoms with Crippen LogP contribution in [0.4, 0.5) is 0 Å². The summed E-state index contributed by atoms with van der Waals surface area (Å²) in [6, 6.07) is 12.4. The molecule has 112 valence electrons. The summed E-state index contributed by atoms with van der Waals surface area (Å²) >= 11 is 0. The molecule has 1 aromatic heterocycles. The van der Waals surface area contributed by atoms with Gasteiger partial charge in [0, 0.05) is 26.6 Å². The third-order valence-electron chi connectivity index (χ3n) is 3.41. The van der Waals surface area contributed by atoms with E-state index in [0.29, 0.717) is 0 Å². The van der Waals surface area contributed by atoms with E-state index in [1.54, 1.807) is 13.3 Å². The molecule has 1 aromatic carbocycles. The molecule has 0 fully saturated rings. The van der Waals surface area contributed by atoms with E-state index in [9.17, 15) is 0 Å². The highest BCUT2D eigenvalue weighted by molar-refractivity contribution is 5.79. The van der Waals surface area contributed by atoms with Crippen molar-refractivity contribution in [2.45, 2.75) is 26.3 Å². The normalized spacial score (nSPS) is 11.4. The number of rotatable bonds is 6. The molecule has 4 nitrogen and oxygen atoms in total. The second-order valence-electron chi connectivity index (χ2n) is 4.80. The Morgan fingerprint density at radius 3 is 2.57 bits per heavy atom. The van der Waals surface area contributed by atoms with E-state index < -0.39 is 0 Å². The molecule has 0 bridgehead atoms. The first-order valence-electron chi connectivity index (χ1n) is 7.37. The van der Waals surface area contributed by atoms with Crippen LogP contribution in [0.1, 0.15) is 23.8 Å². The summed E-state index contributed by atoms with van der Waals surface area (Å²) in [4.78, 5) is 4.24. The zero-order chi connectivity index (χ0) is 14.9. The number of nitrogens with one attached hydrogen (secondary N) is 2. The lowest BCUT2D eigenvalue weighted by Gasteiger charge is -2.13. The monoisotopic (exact) mass is 285 g/mol. The van der Waals surface area contributed by atoms with Gasteiger partial charge in [-0.05, 0) is 29.7 Å². The van der Waals surface area contributed by atoms with Crippen molar-refractivity contribution in [3.8, 4) is 0 Å². The Kier molecular flexibility index (Phi) is 5.88. The minimum atomic E-state index is 0.782. The van der Waals surface area contributed by atoms with Gasteiger partial charge in [-0.15, -0.1) is 0 Å². The van der Waals surface area contributed by atoms with Crippen molar-refractivity contribution in [2.75, 3.05) is 13.6 Å². The van der Waals surface area contributed by atoms with Gasteiger partial charge in [-0.3, -0.25) is 4.99 Å². The second kappa shape index (κ2) is 8.15. The number of benzene rings is 1. The van der Waals surface area contributed by atoms with E-state index in [4.69, 9.17) is 4.42 Å². The molecule has 0 aliphatic rings. The number of guanidine groups is 1. The highest BCUT2D eigenvalue weighted by Crippen LogP contribution is 2.08. The number of furan rings is 1. The fourth-order valence-electron chi connectivity index (χ4n) is 2.23. The molecule has 0 saturated heterocycles. The first-order valence-corrected chi connectivity index (χ1v) is 7.37. The van der Waals surface area contributed by atoms with E-state index in [1.807, 2.05) is 12.1 Å². The summed E-state index contributed by atoms with van der Waals surface area (Å²) in [7, 11) is 1.79. The number of aryl methyl sites for hydroxylation is 1. The lowest BCUT2D eigenvalue weighted by Crippen LogP contribution is -2.38. The standard InChI is InChI=1S/C17H23N3O/c1-3-14-7-4-5-8-15(14)13-20-17(18-2)19-11-10-16-9-6-12-21-16/h4-9,12H,3,10-11,13H2,1-2H3,(H2,18,19,20). The van der Waals surface area contributed by atoms with Crippen molar-refractivity contribution in [1.29, 1.82) is 0 Å². The molecule has 2 aromatic rings. The average Bonchev–Trinajstić information content (AvgIpc) is 3.04. The summed E-state index contributed by atoms with van der Waals surface area (Å²) < 4.78 is 5.31. The Morgan fingerprint density at radius 2 is 1.90 bits per heavy atom. The summed E-state index contributed by atoms with van der Waals surface area (Å²) in [6.45, 7) is 3.75. The summed E-state index contributed by atoms with van der Waals surface area (Å²) in [6.07, 6.45) is 3.59. The van der Waals surface area contributed by atoms with E-state index in [0.717, 1.165) is 37.7 Å². The number of nitrogens with zero attached hydrogens (tertiary/aromatic N) is 1. The van der Waals surface area contributed by atoms with Crippen LogP contribution in [-0.4, -0.2) is 19.6 Å². The van der Waals surface area contributed by atoms with Crippen LogP contribution in [0.15, 0.2) is 52.1 Å². The van der Waals surface area contributed by atoms with Crippen LogP contribution in [0, 0.1) is 0 Å². The van der Waals surface area contributed by atoms with Crippen molar-refractivity contribution in [2.24, 2.45) is 4.99 Å². The van der Waals surface area contributed by atoms with Gasteiger partial charge in [0.2, 0.25) is 0 Å². The zero-order valence-electron chi connectivity index (χ0n) is 12.7. The molecule has 2 rings (SSSR count). The van der Waals surface area contributed by atoms with Gasteiger partial charge >= 0.3 is 0 Å². The van der Waals surface area contributed by atoms with Crippen molar-refractivity contribution in [3.63, 3.8) is 0 Å². The van der Waals surface area contributed by atoms with Crippen LogP contribution in [0.25, 0.3) is 0 Å². The fraction of sp³-hybridized carbons (Fsp3) is 0.353. The molecule has 0 saturated carbocycles. The first kappa shape index (κ1) is 15.2. The van der Waals surface area contributed by atoms with Crippen LogP contribution >= 0.6 is 0 Å². The van der Waals surface area contributed by atoms with Crippen molar-refractivity contribution in [3.05, 3.63) is 59.5 Å². The van der Waals surface area contributed by atoms with E-state index in [-0.39, 0.29) is 0 Å². The predicted molar refractivity (Wildman–Crippen MR) is 86.4 cm³/mol. The molecule has 0 atom stereocenters. The molecule has 0 radical (unpaired) electrons. The van der Waals surface area contributed by atoms with Crippen molar-refractivity contribution in [1.82, 2.24) is 10.6 Å². The summed E-state index contributed by atoms with van der Waals surface area (Å²) in [5.41, 5.74) is 2.69. The predicted octanol–water partition coefficient (Wildman–Crippen LogP) is 2.75. The van der Waals surface area contributed by atoms with Gasteiger partial charge in [0.25, 0.3) is 0 Å². The minimum absolute atomic E-state index is 0.782. The molecule has 21 heavy (non-hydrogen) atoms. The second-order valence-corrected chi connectivity index (χ2v) is 4.80. The summed E-state index contributed by atoms with van der Waals surface area (Å²) in [5, 5.41) is 6.64. The zero-order valence-corrected chi connectivity index (χ0v) is 12.7. The Hall–Kier alpha value is -2.23. The largest absolute Gasteiger partial charge is 0.469 e. The highest BCUT2D eigenvalue weighted by Gasteiger charge is 2.02. The number of hydrogen-bond donors (Lipinski definition) is 2. The van der Waals surface area contributed by atoms with Gasteiger partial charge in [-0.2, -0.15) is 0 Å². The third kappa shape index (κ3) is 4.67. The molecule has 2 N–H and O–H groups in total. The maximum atomic E-state index is 5.31. The molecular weight excluding hydrogens is 262 g/mol. The Labute approximate surface area is 126 Å². The van der Waals surface area contributed by atoms with Gasteiger partial charge in [-0.1, -0.05) is 31.2 Å². The van der Waals surface area contributed by atoms with Crippen LogP contribution < -0.4 is 10.6 Å². The molecule has 1 heterocycles. The van der Waals surface area contributed by atoms with E-state index in [2.05, 4.69) is 46.8 Å². The Morgan fingerprint density at radius 1 is 1.10 bits per heavy atom. The third-order valence-corrected chi connectivity index (χ3v) is 3.41. The maximum Gasteiger partial charge on any atom is 0.191 e. The summed E-state index contributed by atoms with van der Waals surface area (Å²) in [5.74, 6) is 1.79. The fourth-order valence-corrected chi connectivity index (χ4v) is 2.23. The van der Waals surface area contributed by atoms with Gasteiger partial charge in [0.1, 0.15) is 5.76 Å². The molecule has 4 heteroatoms. The van der Waals surface area contributed by atoms with E-state index in [1.165, 1.54) is 11.1 Å². The number of hydrogen-bond acceptors (Lipinski definition) is 2. The molecule has 0 unspecified atom stereocenters. The van der Waals surface area contributed by atoms with Crippen LogP contribution in [-0.2, 0) is 19.4 Å². The maximum absolute atomic E-state index is 5.31. The van der Waals surface area contributed by atoms with Gasteiger partial charge < -0.3 is 15.1 Å². The minimum Gasteiger partial charge on any atom is -0.469 e. The quantitative estimate of drug-likeness (QED) is 0.634. The van der Waals surface area contributed by atoms with Crippen molar-refractivity contribution < 1.29 is 4.42 Å². The van der Waals surface area contributed by atoms with Crippen LogP contribution in [0.2, 0.25) is 0 Å². The molecule has 0 aliphatic heterocycles. The topological polar surface area (TPSA) is 49.6 Å². The number of aliphatic imine (C=N–C) groups is 1. The SMILES string of the molecule is CCc1ccccc1CNC(=NC)NCCc1ccco1. The first-order chi connectivity index (χ1) is 10.3. The Bertz CT molecular complexity index is 561. The van der Waals surface area contributed by atoms with Crippen LogP contribution in [0.5, 0.6) is 0 Å². The molecule has 0 spiro atoms. The lowest BCUT2D eigenvalue weighted by molar-refractivity contribution is 0.507. The highest BCUT2D eigenvalue weighted by atomic mass is 16.3. The average molecular weight is 285 g/mol. The van der Waals surface area contributed by atoms with Crippen molar-refractivity contribution >= 4 is 5.96 Å². The van der Waals surface area contributed by atoms with Gasteiger partial charge in [0.05, 0.1) is 6.26 Å². The molecular formula is C17H23N3O. The smallest absolute Gasteiger partial charge is 0.191 e. The Balaban J connectivity index is 1.80. The lowest BCUT2D eigenvalue weighted by atomic mass is 10.1. The van der Waals surface area contributed by atoms with Crippen LogP contribution in [0.3, 0.4) is 0 Å². The molecule has 0 aliphatic carbocycles.